The fourth-order valence-corrected chi connectivity index (χ4v) is 3.27. The molecule has 1 unspecified atom stereocenters. The zero-order chi connectivity index (χ0) is 21.5. The number of aromatic nitrogens is 2. The van der Waals surface area contributed by atoms with Gasteiger partial charge >= 0.3 is 0 Å². The predicted molar refractivity (Wildman–Crippen MR) is 117 cm³/mol. The average Bonchev–Trinajstić information content (AvgIpc) is 2.78. The summed E-state index contributed by atoms with van der Waals surface area (Å²) in [6.45, 7) is 2.14. The van der Waals surface area contributed by atoms with Crippen molar-refractivity contribution in [1.82, 2.24) is 9.97 Å². The lowest BCUT2D eigenvalue weighted by molar-refractivity contribution is 0.354. The van der Waals surface area contributed by atoms with E-state index in [1.807, 2.05) is 18.2 Å². The first-order valence-electron chi connectivity index (χ1n) is 9.77. The van der Waals surface area contributed by atoms with E-state index in [0.29, 0.717) is 28.8 Å². The minimum Gasteiger partial charge on any atom is -0.504 e. The summed E-state index contributed by atoms with van der Waals surface area (Å²) >= 11 is 0. The van der Waals surface area contributed by atoms with E-state index in [1.165, 1.54) is 7.11 Å². The Morgan fingerprint density at radius 2 is 1.70 bits per heavy atom. The van der Waals surface area contributed by atoms with E-state index in [-0.39, 0.29) is 11.8 Å². The highest BCUT2D eigenvalue weighted by molar-refractivity contribution is 5.64. The average molecular weight is 409 g/mol. The summed E-state index contributed by atoms with van der Waals surface area (Å²) in [5.41, 5.74) is 2.56. The van der Waals surface area contributed by atoms with Crippen molar-refractivity contribution in [2.45, 2.75) is 25.8 Å². The first-order valence-corrected chi connectivity index (χ1v) is 9.77. The van der Waals surface area contributed by atoms with Gasteiger partial charge in [0.05, 0.1) is 45.5 Å². The van der Waals surface area contributed by atoms with Gasteiger partial charge in [-0.1, -0.05) is 19.4 Å². The van der Waals surface area contributed by atoms with Crippen molar-refractivity contribution in [1.29, 1.82) is 0 Å². The number of methoxy groups -OCH3 is 3. The predicted octanol–water partition coefficient (Wildman–Crippen LogP) is 4.83. The van der Waals surface area contributed by atoms with Crippen molar-refractivity contribution in [3.05, 3.63) is 54.4 Å². The van der Waals surface area contributed by atoms with Crippen LogP contribution in [0.1, 0.15) is 31.4 Å². The van der Waals surface area contributed by atoms with E-state index in [1.54, 1.807) is 44.8 Å². The molecule has 2 aromatic carbocycles. The highest BCUT2D eigenvalue weighted by atomic mass is 16.5. The van der Waals surface area contributed by atoms with Gasteiger partial charge < -0.3 is 24.6 Å². The highest BCUT2D eigenvalue weighted by Gasteiger charge is 2.15. The number of hydrogen-bond donors (Lipinski definition) is 2. The number of ether oxygens (including phenoxy) is 3. The molecular weight excluding hydrogens is 382 g/mol. The summed E-state index contributed by atoms with van der Waals surface area (Å²) in [4.78, 5) is 9.04. The fraction of sp³-hybridized carbons (Fsp3) is 0.304. The molecular formula is C23H27N3O4. The maximum Gasteiger partial charge on any atom is 0.161 e. The maximum atomic E-state index is 9.83. The van der Waals surface area contributed by atoms with Crippen LogP contribution in [0.2, 0.25) is 0 Å². The quantitative estimate of drug-likeness (QED) is 0.523. The van der Waals surface area contributed by atoms with Crippen LogP contribution in [0, 0.1) is 0 Å². The molecule has 30 heavy (non-hydrogen) atoms. The van der Waals surface area contributed by atoms with Crippen molar-refractivity contribution < 1.29 is 19.3 Å². The number of nitrogens with zero attached hydrogens (tertiary/aromatic N) is 2. The second-order valence-corrected chi connectivity index (χ2v) is 6.78. The molecule has 0 saturated carbocycles. The van der Waals surface area contributed by atoms with Crippen LogP contribution in [0.5, 0.6) is 23.0 Å². The Hall–Kier alpha value is -3.48. The Labute approximate surface area is 176 Å². The van der Waals surface area contributed by atoms with E-state index in [0.717, 1.165) is 24.0 Å². The third kappa shape index (κ3) is 4.74. The smallest absolute Gasteiger partial charge is 0.161 e. The SMILES string of the molecule is CCCC(Nc1cncc(-c2ccc(O)c(OC)c2)n1)c1ccc(OC)c(OC)c1. The maximum absolute atomic E-state index is 9.83. The largest absolute Gasteiger partial charge is 0.504 e. The van der Waals surface area contributed by atoms with Crippen LogP contribution >= 0.6 is 0 Å². The van der Waals surface area contributed by atoms with Gasteiger partial charge in [0.15, 0.2) is 23.0 Å². The van der Waals surface area contributed by atoms with E-state index >= 15 is 0 Å². The van der Waals surface area contributed by atoms with E-state index in [4.69, 9.17) is 19.2 Å². The number of phenols is 1. The van der Waals surface area contributed by atoms with Crippen molar-refractivity contribution in [3.8, 4) is 34.3 Å². The van der Waals surface area contributed by atoms with E-state index in [2.05, 4.69) is 17.2 Å². The molecule has 2 N–H and O–H groups in total. The Morgan fingerprint density at radius 1 is 0.933 bits per heavy atom. The number of rotatable bonds is 9. The molecule has 0 aliphatic heterocycles. The summed E-state index contributed by atoms with van der Waals surface area (Å²) in [5.74, 6) is 2.52. The van der Waals surface area contributed by atoms with E-state index in [9.17, 15) is 5.11 Å². The Morgan fingerprint density at radius 3 is 2.40 bits per heavy atom. The van der Waals surface area contributed by atoms with Crippen molar-refractivity contribution in [3.63, 3.8) is 0 Å². The molecule has 0 fully saturated rings. The zero-order valence-corrected chi connectivity index (χ0v) is 17.7. The topological polar surface area (TPSA) is 85.7 Å². The van der Waals surface area contributed by atoms with Gasteiger partial charge in [-0.15, -0.1) is 0 Å². The van der Waals surface area contributed by atoms with Gasteiger partial charge in [0.2, 0.25) is 0 Å². The molecule has 0 radical (unpaired) electrons. The standard InChI is InChI=1S/C23H27N3O4/c1-5-6-17(15-8-10-20(28-2)22(12-15)30-4)25-23-14-24-13-18(26-23)16-7-9-19(27)21(11-16)29-3/h7-14,17,27H,5-6H2,1-4H3,(H,25,26). The summed E-state index contributed by atoms with van der Waals surface area (Å²) in [7, 11) is 4.77. The molecule has 1 atom stereocenters. The fourth-order valence-electron chi connectivity index (χ4n) is 3.27. The molecule has 3 aromatic rings. The van der Waals surface area contributed by atoms with Gasteiger partial charge in [-0.05, 0) is 42.3 Å². The Balaban J connectivity index is 1.89. The number of benzene rings is 2. The first-order chi connectivity index (χ1) is 14.6. The van der Waals surface area contributed by atoms with Crippen molar-refractivity contribution in [2.75, 3.05) is 26.6 Å². The molecule has 158 valence electrons. The third-order valence-electron chi connectivity index (χ3n) is 4.82. The van der Waals surface area contributed by atoms with Gasteiger partial charge in [-0.25, -0.2) is 4.98 Å². The Kier molecular flexibility index (Phi) is 6.95. The number of aromatic hydroxyl groups is 1. The second-order valence-electron chi connectivity index (χ2n) is 6.78. The monoisotopic (exact) mass is 409 g/mol. The van der Waals surface area contributed by atoms with Crippen LogP contribution in [0.3, 0.4) is 0 Å². The number of hydrogen-bond acceptors (Lipinski definition) is 7. The lowest BCUT2D eigenvalue weighted by Gasteiger charge is -2.21. The van der Waals surface area contributed by atoms with Gasteiger partial charge in [-0.2, -0.15) is 0 Å². The summed E-state index contributed by atoms with van der Waals surface area (Å²) in [6.07, 6.45) is 5.29. The van der Waals surface area contributed by atoms with Crippen LogP contribution in [0.25, 0.3) is 11.3 Å². The van der Waals surface area contributed by atoms with Gasteiger partial charge in [-0.3, -0.25) is 4.98 Å². The van der Waals surface area contributed by atoms with Gasteiger partial charge in [0, 0.05) is 5.56 Å². The van der Waals surface area contributed by atoms with E-state index < -0.39 is 0 Å². The number of phenolic OH excluding ortho intramolecular Hbond substituents is 1. The molecule has 0 amide bonds. The molecule has 0 spiro atoms. The number of anilines is 1. The second kappa shape index (κ2) is 9.82. The minimum absolute atomic E-state index is 0.0358. The number of nitrogens with one attached hydrogen (secondary N) is 1. The molecule has 1 heterocycles. The molecule has 3 rings (SSSR count). The summed E-state index contributed by atoms with van der Waals surface area (Å²) in [5, 5.41) is 13.3. The normalized spacial score (nSPS) is 11.6. The zero-order valence-electron chi connectivity index (χ0n) is 17.7. The molecule has 0 aliphatic rings. The summed E-state index contributed by atoms with van der Waals surface area (Å²) in [6, 6.07) is 11.0. The van der Waals surface area contributed by atoms with Crippen LogP contribution < -0.4 is 19.5 Å². The van der Waals surface area contributed by atoms with Crippen LogP contribution in [0.4, 0.5) is 5.82 Å². The van der Waals surface area contributed by atoms with Gasteiger partial charge in [0.1, 0.15) is 5.82 Å². The molecule has 7 nitrogen and oxygen atoms in total. The van der Waals surface area contributed by atoms with Crippen molar-refractivity contribution >= 4 is 5.82 Å². The van der Waals surface area contributed by atoms with Crippen molar-refractivity contribution in [2.24, 2.45) is 0 Å². The lowest BCUT2D eigenvalue weighted by atomic mass is 10.0. The minimum atomic E-state index is 0.0358. The molecule has 0 aliphatic carbocycles. The molecule has 1 aromatic heterocycles. The highest BCUT2D eigenvalue weighted by Crippen LogP contribution is 2.34. The molecule has 0 saturated heterocycles. The summed E-state index contributed by atoms with van der Waals surface area (Å²) < 4.78 is 16.0. The Bertz CT molecular complexity index is 994. The molecule has 7 heteroatoms. The van der Waals surface area contributed by atoms with Crippen LogP contribution in [-0.2, 0) is 0 Å². The van der Waals surface area contributed by atoms with Gasteiger partial charge in [0.25, 0.3) is 0 Å². The molecule has 0 bridgehead atoms. The van der Waals surface area contributed by atoms with Crippen LogP contribution in [-0.4, -0.2) is 36.4 Å². The van der Waals surface area contributed by atoms with Crippen LogP contribution in [0.15, 0.2) is 48.8 Å². The third-order valence-corrected chi connectivity index (χ3v) is 4.82. The lowest BCUT2D eigenvalue weighted by Crippen LogP contribution is -2.12. The first kappa shape index (κ1) is 21.2.